The Bertz CT molecular complexity index is 693. The summed E-state index contributed by atoms with van der Waals surface area (Å²) in [5.41, 5.74) is 3.84. The highest BCUT2D eigenvalue weighted by Gasteiger charge is 2.07. The van der Waals surface area contributed by atoms with E-state index in [0.717, 1.165) is 33.0 Å². The van der Waals surface area contributed by atoms with Gasteiger partial charge in [-0.1, -0.05) is 35.3 Å². The topological polar surface area (TPSA) is 28.7 Å². The molecule has 1 heterocycles. The lowest BCUT2D eigenvalue weighted by molar-refractivity contribution is 1.34. The molecule has 0 amide bonds. The van der Waals surface area contributed by atoms with E-state index in [9.17, 15) is 0 Å². The zero-order valence-electron chi connectivity index (χ0n) is 9.67. The minimum Gasteiger partial charge on any atom is -0.338 e. The van der Waals surface area contributed by atoms with Gasteiger partial charge < -0.3 is 4.98 Å². The van der Waals surface area contributed by atoms with Crippen LogP contribution in [0.2, 0.25) is 10.0 Å². The average Bonchev–Trinajstić information content (AvgIpc) is 2.73. The van der Waals surface area contributed by atoms with Gasteiger partial charge in [-0.3, -0.25) is 0 Å². The summed E-state index contributed by atoms with van der Waals surface area (Å²) >= 11 is 12.1. The fourth-order valence-corrected chi connectivity index (χ4v) is 2.26. The number of fused-ring (bicyclic) bond motifs is 1. The van der Waals surface area contributed by atoms with Crippen molar-refractivity contribution in [2.75, 3.05) is 0 Å². The van der Waals surface area contributed by atoms with E-state index in [1.807, 2.05) is 43.3 Å². The summed E-state index contributed by atoms with van der Waals surface area (Å²) in [6.07, 6.45) is 0. The van der Waals surface area contributed by atoms with Crippen LogP contribution in [-0.2, 0) is 0 Å². The molecule has 0 aliphatic heterocycles. The van der Waals surface area contributed by atoms with Crippen LogP contribution in [0.5, 0.6) is 0 Å². The summed E-state index contributed by atoms with van der Waals surface area (Å²) in [6, 6.07) is 11.5. The number of imidazole rings is 1. The molecule has 2 nitrogen and oxygen atoms in total. The molecule has 0 bridgehead atoms. The monoisotopic (exact) mass is 276 g/mol. The second kappa shape index (κ2) is 4.30. The molecule has 2 aromatic carbocycles. The fourth-order valence-electron chi connectivity index (χ4n) is 1.91. The van der Waals surface area contributed by atoms with Gasteiger partial charge in [0.2, 0.25) is 0 Å². The smallest absolute Gasteiger partial charge is 0.138 e. The molecule has 18 heavy (non-hydrogen) atoms. The van der Waals surface area contributed by atoms with E-state index in [-0.39, 0.29) is 0 Å². The lowest BCUT2D eigenvalue weighted by Gasteiger charge is -1.96. The van der Waals surface area contributed by atoms with Gasteiger partial charge >= 0.3 is 0 Å². The van der Waals surface area contributed by atoms with Crippen molar-refractivity contribution in [3.8, 4) is 11.4 Å². The highest BCUT2D eigenvalue weighted by Crippen LogP contribution is 2.26. The Morgan fingerprint density at radius 3 is 2.72 bits per heavy atom. The maximum Gasteiger partial charge on any atom is 0.138 e. The van der Waals surface area contributed by atoms with Gasteiger partial charge in [0, 0.05) is 15.6 Å². The third-order valence-electron chi connectivity index (χ3n) is 2.86. The molecule has 0 aliphatic carbocycles. The predicted octanol–water partition coefficient (Wildman–Crippen LogP) is 4.85. The van der Waals surface area contributed by atoms with Gasteiger partial charge in [-0.15, -0.1) is 0 Å². The third-order valence-corrected chi connectivity index (χ3v) is 3.50. The van der Waals surface area contributed by atoms with E-state index in [4.69, 9.17) is 23.2 Å². The van der Waals surface area contributed by atoms with Crippen LogP contribution >= 0.6 is 23.2 Å². The Balaban J connectivity index is 2.19. The van der Waals surface area contributed by atoms with Gasteiger partial charge in [0.15, 0.2) is 0 Å². The van der Waals surface area contributed by atoms with Gasteiger partial charge in [0.25, 0.3) is 0 Å². The lowest BCUT2D eigenvalue weighted by atomic mass is 10.2. The number of aromatic nitrogens is 2. The molecular weight excluding hydrogens is 267 g/mol. The SMILES string of the molecule is Cc1cc2[nH]c(-c3cccc(Cl)c3)nc2cc1Cl. The maximum absolute atomic E-state index is 6.09. The van der Waals surface area contributed by atoms with Crippen LogP contribution in [0, 0.1) is 6.92 Å². The Labute approximate surface area is 115 Å². The molecule has 0 aliphatic rings. The standard InChI is InChI=1S/C14H10Cl2N2/c1-8-5-12-13(7-11(8)16)18-14(17-12)9-3-2-4-10(15)6-9/h2-7H,1H3,(H,17,18). The molecule has 0 spiro atoms. The fraction of sp³-hybridized carbons (Fsp3) is 0.0714. The first-order valence-corrected chi connectivity index (χ1v) is 6.31. The second-order valence-corrected chi connectivity index (χ2v) is 5.06. The average molecular weight is 277 g/mol. The largest absolute Gasteiger partial charge is 0.338 e. The number of rotatable bonds is 1. The Morgan fingerprint density at radius 2 is 1.94 bits per heavy atom. The molecule has 0 saturated heterocycles. The van der Waals surface area contributed by atoms with Gasteiger partial charge in [-0.2, -0.15) is 0 Å². The van der Waals surface area contributed by atoms with Crippen molar-refractivity contribution in [2.24, 2.45) is 0 Å². The first-order valence-electron chi connectivity index (χ1n) is 5.55. The highest BCUT2D eigenvalue weighted by atomic mass is 35.5. The number of nitrogens with one attached hydrogen (secondary N) is 1. The number of H-pyrrole nitrogens is 1. The van der Waals surface area contributed by atoms with Gasteiger partial charge in [-0.05, 0) is 36.8 Å². The number of aromatic amines is 1. The first-order chi connectivity index (χ1) is 8.63. The number of benzene rings is 2. The van der Waals surface area contributed by atoms with E-state index in [1.54, 1.807) is 0 Å². The van der Waals surface area contributed by atoms with E-state index in [1.165, 1.54) is 0 Å². The van der Waals surface area contributed by atoms with Gasteiger partial charge in [-0.25, -0.2) is 4.98 Å². The minimum atomic E-state index is 0.696. The number of hydrogen-bond donors (Lipinski definition) is 1. The van der Waals surface area contributed by atoms with E-state index in [2.05, 4.69) is 9.97 Å². The van der Waals surface area contributed by atoms with Gasteiger partial charge in [0.1, 0.15) is 5.82 Å². The molecule has 3 aromatic rings. The molecule has 3 rings (SSSR count). The molecule has 0 fully saturated rings. The van der Waals surface area contributed by atoms with Crippen LogP contribution in [0.1, 0.15) is 5.56 Å². The van der Waals surface area contributed by atoms with Crippen molar-refractivity contribution in [3.05, 3.63) is 52.0 Å². The quantitative estimate of drug-likeness (QED) is 0.677. The number of aryl methyl sites for hydroxylation is 1. The molecule has 0 radical (unpaired) electrons. The highest BCUT2D eigenvalue weighted by molar-refractivity contribution is 6.32. The minimum absolute atomic E-state index is 0.696. The third kappa shape index (κ3) is 1.98. The Morgan fingerprint density at radius 1 is 1.11 bits per heavy atom. The summed E-state index contributed by atoms with van der Waals surface area (Å²) in [6.45, 7) is 1.97. The first kappa shape index (κ1) is 11.6. The number of halogens is 2. The van der Waals surface area contributed by atoms with Crippen molar-refractivity contribution in [1.82, 2.24) is 9.97 Å². The Hall–Kier alpha value is -1.51. The zero-order chi connectivity index (χ0) is 12.7. The summed E-state index contributed by atoms with van der Waals surface area (Å²) in [5.74, 6) is 0.800. The summed E-state index contributed by atoms with van der Waals surface area (Å²) in [5, 5.41) is 1.42. The normalized spacial score (nSPS) is 11.1. The van der Waals surface area contributed by atoms with Crippen LogP contribution in [0.15, 0.2) is 36.4 Å². The lowest BCUT2D eigenvalue weighted by Crippen LogP contribution is -1.79. The Kier molecular flexibility index (Phi) is 2.77. The van der Waals surface area contributed by atoms with Crippen molar-refractivity contribution in [1.29, 1.82) is 0 Å². The maximum atomic E-state index is 6.09. The van der Waals surface area contributed by atoms with Crippen LogP contribution in [-0.4, -0.2) is 9.97 Å². The number of nitrogens with zero attached hydrogens (tertiary/aromatic N) is 1. The van der Waals surface area contributed by atoms with E-state index < -0.39 is 0 Å². The second-order valence-electron chi connectivity index (χ2n) is 4.21. The van der Waals surface area contributed by atoms with Crippen LogP contribution < -0.4 is 0 Å². The van der Waals surface area contributed by atoms with Crippen LogP contribution in [0.4, 0.5) is 0 Å². The van der Waals surface area contributed by atoms with E-state index >= 15 is 0 Å². The van der Waals surface area contributed by atoms with Crippen LogP contribution in [0.3, 0.4) is 0 Å². The summed E-state index contributed by atoms with van der Waals surface area (Å²) in [4.78, 5) is 7.81. The molecule has 0 unspecified atom stereocenters. The molecule has 1 N–H and O–H groups in total. The summed E-state index contributed by atoms with van der Waals surface area (Å²) in [7, 11) is 0. The zero-order valence-corrected chi connectivity index (χ0v) is 11.2. The predicted molar refractivity (Wildman–Crippen MR) is 76.3 cm³/mol. The molecule has 1 aromatic heterocycles. The molecule has 4 heteroatoms. The van der Waals surface area contributed by atoms with Crippen molar-refractivity contribution < 1.29 is 0 Å². The van der Waals surface area contributed by atoms with Crippen LogP contribution in [0.25, 0.3) is 22.4 Å². The molecule has 90 valence electrons. The van der Waals surface area contributed by atoms with Gasteiger partial charge in [0.05, 0.1) is 11.0 Å². The molecule has 0 atom stereocenters. The number of hydrogen-bond acceptors (Lipinski definition) is 1. The van der Waals surface area contributed by atoms with Crippen molar-refractivity contribution in [3.63, 3.8) is 0 Å². The van der Waals surface area contributed by atoms with E-state index in [0.29, 0.717) is 5.02 Å². The molecular formula is C14H10Cl2N2. The summed E-state index contributed by atoms with van der Waals surface area (Å²) < 4.78 is 0. The van der Waals surface area contributed by atoms with Crippen molar-refractivity contribution >= 4 is 34.2 Å². The van der Waals surface area contributed by atoms with Crippen molar-refractivity contribution in [2.45, 2.75) is 6.92 Å². The molecule has 0 saturated carbocycles.